The molecule has 0 radical (unpaired) electrons. The largest absolute Gasteiger partial charge is 0.416 e. The van der Waals surface area contributed by atoms with Crippen LogP contribution >= 0.6 is 11.6 Å². The molecule has 1 aliphatic heterocycles. The maximum Gasteiger partial charge on any atom is 0.416 e. The highest BCUT2D eigenvalue weighted by molar-refractivity contribution is 6.33. The van der Waals surface area contributed by atoms with Crippen LogP contribution in [0.1, 0.15) is 18.4 Å². The molecule has 2 rings (SSSR count). The van der Waals surface area contributed by atoms with E-state index in [4.69, 9.17) is 16.3 Å². The normalized spacial score (nSPS) is 23.3. The predicted octanol–water partition coefficient (Wildman–Crippen LogP) is 2.87. The molecule has 1 fully saturated rings. The van der Waals surface area contributed by atoms with E-state index in [-0.39, 0.29) is 23.6 Å². The fourth-order valence-corrected chi connectivity index (χ4v) is 2.27. The molecule has 1 saturated heterocycles. The molecule has 3 unspecified atom stereocenters. The minimum absolute atomic E-state index is 0.0177. The first-order valence-corrected chi connectivity index (χ1v) is 6.66. The first-order valence-electron chi connectivity index (χ1n) is 6.29. The minimum Gasteiger partial charge on any atom is -0.371 e. The van der Waals surface area contributed by atoms with Gasteiger partial charge in [0.05, 0.1) is 21.2 Å². The molecule has 0 amide bonds. The van der Waals surface area contributed by atoms with Crippen molar-refractivity contribution < 1.29 is 27.9 Å². The van der Waals surface area contributed by atoms with Gasteiger partial charge in [-0.25, -0.2) is 0 Å². The molecule has 0 spiro atoms. The molecule has 1 heterocycles. The van der Waals surface area contributed by atoms with Gasteiger partial charge in [0.1, 0.15) is 6.10 Å². The number of hydrogen-bond donors (Lipinski definition) is 2. The third kappa shape index (κ3) is 3.79. The number of halogens is 4. The Morgan fingerprint density at radius 1 is 1.45 bits per heavy atom. The van der Waals surface area contributed by atoms with Crippen molar-refractivity contribution >= 4 is 17.3 Å². The summed E-state index contributed by atoms with van der Waals surface area (Å²) in [4.78, 5) is 9.95. The summed E-state index contributed by atoms with van der Waals surface area (Å²) in [6.07, 6.45) is -7.76. The van der Waals surface area contributed by atoms with Gasteiger partial charge in [-0.1, -0.05) is 11.6 Å². The van der Waals surface area contributed by atoms with Gasteiger partial charge in [-0.3, -0.25) is 10.1 Å². The average molecular weight is 341 g/mol. The molecule has 1 aromatic rings. The molecular weight excluding hydrogens is 329 g/mol. The van der Waals surface area contributed by atoms with Gasteiger partial charge >= 0.3 is 12.4 Å². The number of rotatable bonds is 4. The van der Waals surface area contributed by atoms with Crippen molar-refractivity contribution in [3.05, 3.63) is 38.9 Å². The van der Waals surface area contributed by atoms with Crippen LogP contribution in [0.5, 0.6) is 0 Å². The number of aliphatic hydroxyl groups excluding tert-OH is 1. The van der Waals surface area contributed by atoms with E-state index in [1.165, 1.54) is 0 Å². The molecular formula is C12H12ClF3N2O4. The third-order valence-corrected chi connectivity index (χ3v) is 3.54. The fraction of sp³-hybridized carbons (Fsp3) is 0.500. The molecule has 0 aromatic heterocycles. The molecule has 0 saturated carbocycles. The number of nitrogens with zero attached hydrogens (tertiary/aromatic N) is 1. The van der Waals surface area contributed by atoms with Crippen LogP contribution in [-0.2, 0) is 10.9 Å². The smallest absolute Gasteiger partial charge is 0.371 e. The van der Waals surface area contributed by atoms with Crippen LogP contribution in [-0.4, -0.2) is 28.6 Å². The van der Waals surface area contributed by atoms with Crippen molar-refractivity contribution in [3.8, 4) is 0 Å². The lowest BCUT2D eigenvalue weighted by Crippen LogP contribution is -2.34. The number of aliphatic hydroxyl groups is 1. The van der Waals surface area contributed by atoms with Crippen LogP contribution in [0.4, 0.5) is 18.9 Å². The Balaban J connectivity index is 2.09. The van der Waals surface area contributed by atoms with E-state index in [9.17, 15) is 28.4 Å². The maximum absolute atomic E-state index is 12.6. The van der Waals surface area contributed by atoms with Crippen molar-refractivity contribution in [1.82, 2.24) is 0 Å². The van der Waals surface area contributed by atoms with Crippen LogP contribution in [0.15, 0.2) is 18.2 Å². The Morgan fingerprint density at radius 2 is 2.14 bits per heavy atom. The zero-order valence-electron chi connectivity index (χ0n) is 11.0. The van der Waals surface area contributed by atoms with Crippen LogP contribution in [0.3, 0.4) is 0 Å². The average Bonchev–Trinajstić information content (AvgIpc) is 2.89. The summed E-state index contributed by atoms with van der Waals surface area (Å²) in [7, 11) is 0. The number of nitro groups is 1. The number of benzene rings is 1. The molecule has 10 heteroatoms. The van der Waals surface area contributed by atoms with Gasteiger partial charge in [-0.2, -0.15) is 13.2 Å². The van der Waals surface area contributed by atoms with Crippen molar-refractivity contribution in [1.29, 1.82) is 0 Å². The molecule has 0 bridgehead atoms. The second-order valence-corrected chi connectivity index (χ2v) is 5.18. The summed E-state index contributed by atoms with van der Waals surface area (Å²) in [6.45, 7) is 0. The first-order chi connectivity index (χ1) is 10.2. The highest BCUT2D eigenvalue weighted by Gasteiger charge is 2.37. The van der Waals surface area contributed by atoms with E-state index in [2.05, 4.69) is 5.32 Å². The lowest BCUT2D eigenvalue weighted by molar-refractivity contribution is -0.572. The summed E-state index contributed by atoms with van der Waals surface area (Å²) in [5, 5.41) is 22.9. The van der Waals surface area contributed by atoms with Crippen molar-refractivity contribution in [2.24, 2.45) is 0 Å². The molecule has 1 aliphatic rings. The number of ether oxygens (including phenoxy) is 1. The Bertz CT molecular complexity index is 570. The van der Waals surface area contributed by atoms with E-state index in [0.29, 0.717) is 0 Å². The van der Waals surface area contributed by atoms with Crippen LogP contribution in [0.25, 0.3) is 0 Å². The van der Waals surface area contributed by atoms with Gasteiger partial charge in [-0.05, 0) is 24.6 Å². The van der Waals surface area contributed by atoms with Gasteiger partial charge in [-0.15, -0.1) is 0 Å². The second kappa shape index (κ2) is 6.27. The van der Waals surface area contributed by atoms with Crippen molar-refractivity contribution in [2.45, 2.75) is 37.6 Å². The fourth-order valence-electron chi connectivity index (χ4n) is 2.10. The first kappa shape index (κ1) is 16.8. The van der Waals surface area contributed by atoms with Crippen molar-refractivity contribution in [2.75, 3.05) is 5.32 Å². The third-order valence-electron chi connectivity index (χ3n) is 3.21. The monoisotopic (exact) mass is 340 g/mol. The molecule has 1 aromatic carbocycles. The lowest BCUT2D eigenvalue weighted by Gasteiger charge is -2.21. The number of hydrogen-bond acceptors (Lipinski definition) is 5. The Kier molecular flexibility index (Phi) is 4.78. The van der Waals surface area contributed by atoms with E-state index in [1.54, 1.807) is 0 Å². The van der Waals surface area contributed by atoms with Crippen molar-refractivity contribution in [3.63, 3.8) is 0 Å². The lowest BCUT2D eigenvalue weighted by atomic mass is 10.1. The topological polar surface area (TPSA) is 84.6 Å². The second-order valence-electron chi connectivity index (χ2n) is 4.77. The molecule has 3 atom stereocenters. The Labute approximate surface area is 128 Å². The molecule has 22 heavy (non-hydrogen) atoms. The van der Waals surface area contributed by atoms with Gasteiger partial charge < -0.3 is 15.2 Å². The summed E-state index contributed by atoms with van der Waals surface area (Å²) in [5.41, 5.74) is -1.06. The SMILES string of the molecule is O=[N+]([O-])C1CCC(C(O)Nc2cc(C(F)(F)F)ccc2Cl)O1. The number of alkyl halides is 3. The van der Waals surface area contributed by atoms with E-state index >= 15 is 0 Å². The highest BCUT2D eigenvalue weighted by Crippen LogP contribution is 2.34. The van der Waals surface area contributed by atoms with Crippen LogP contribution in [0.2, 0.25) is 5.02 Å². The zero-order valence-corrected chi connectivity index (χ0v) is 11.8. The maximum atomic E-state index is 12.6. The van der Waals surface area contributed by atoms with Crippen LogP contribution in [0, 0.1) is 10.1 Å². The van der Waals surface area contributed by atoms with Gasteiger partial charge in [0.15, 0.2) is 6.23 Å². The van der Waals surface area contributed by atoms with Crippen LogP contribution < -0.4 is 5.32 Å². The van der Waals surface area contributed by atoms with Gasteiger partial charge in [0.25, 0.3) is 0 Å². The standard InChI is InChI=1S/C12H12ClF3N2O4/c13-7-2-1-6(12(14,15)16)5-8(7)17-11(19)9-3-4-10(22-9)18(20)21/h1-2,5,9-11,17,19H,3-4H2. The van der Waals surface area contributed by atoms with E-state index in [1.807, 2.05) is 0 Å². The summed E-state index contributed by atoms with van der Waals surface area (Å²) < 4.78 is 43.0. The van der Waals surface area contributed by atoms with Gasteiger partial charge in [0, 0.05) is 6.42 Å². The number of anilines is 1. The molecule has 6 nitrogen and oxygen atoms in total. The summed E-state index contributed by atoms with van der Waals surface area (Å²) in [5.74, 6) is 0. The summed E-state index contributed by atoms with van der Waals surface area (Å²) >= 11 is 5.79. The molecule has 0 aliphatic carbocycles. The predicted molar refractivity (Wildman–Crippen MR) is 71.0 cm³/mol. The minimum atomic E-state index is -4.55. The van der Waals surface area contributed by atoms with Gasteiger partial charge in [0.2, 0.25) is 0 Å². The molecule has 2 N–H and O–H groups in total. The zero-order chi connectivity index (χ0) is 16.5. The quantitative estimate of drug-likeness (QED) is 0.500. The van der Waals surface area contributed by atoms with E-state index < -0.39 is 35.2 Å². The highest BCUT2D eigenvalue weighted by atomic mass is 35.5. The Morgan fingerprint density at radius 3 is 2.68 bits per heavy atom. The Hall–Kier alpha value is -1.58. The molecule has 122 valence electrons. The number of nitrogens with one attached hydrogen (secondary N) is 1. The summed E-state index contributed by atoms with van der Waals surface area (Å²) in [6, 6.07) is 2.62. The van der Waals surface area contributed by atoms with E-state index in [0.717, 1.165) is 18.2 Å².